The lowest BCUT2D eigenvalue weighted by atomic mass is 10.0. The summed E-state index contributed by atoms with van der Waals surface area (Å²) in [5.41, 5.74) is 2.30. The van der Waals surface area contributed by atoms with Gasteiger partial charge in [-0.05, 0) is 25.8 Å². The van der Waals surface area contributed by atoms with Gasteiger partial charge in [-0.1, -0.05) is 6.92 Å². The monoisotopic (exact) mass is 232 g/mol. The van der Waals surface area contributed by atoms with E-state index in [0.29, 0.717) is 12.0 Å². The molecule has 0 aliphatic carbocycles. The summed E-state index contributed by atoms with van der Waals surface area (Å²) in [5, 5.41) is 0. The molecule has 4 heteroatoms. The van der Waals surface area contributed by atoms with E-state index in [1.165, 1.54) is 6.92 Å². The zero-order valence-electron chi connectivity index (χ0n) is 10.2. The smallest absolute Gasteiger partial charge is 0.226 e. The molecular weight excluding hydrogens is 216 g/mol. The predicted molar refractivity (Wildman–Crippen MR) is 65.2 cm³/mol. The van der Waals surface area contributed by atoms with Gasteiger partial charge >= 0.3 is 0 Å². The largest absolute Gasteiger partial charge is 0.311 e. The van der Waals surface area contributed by atoms with Crippen molar-refractivity contribution in [1.29, 1.82) is 0 Å². The molecule has 0 fully saturated rings. The Labute approximate surface area is 101 Å². The van der Waals surface area contributed by atoms with E-state index in [-0.39, 0.29) is 11.7 Å². The van der Waals surface area contributed by atoms with E-state index in [1.807, 2.05) is 6.92 Å². The molecule has 1 aliphatic rings. The van der Waals surface area contributed by atoms with E-state index in [2.05, 4.69) is 4.98 Å². The Morgan fingerprint density at radius 3 is 2.88 bits per heavy atom. The molecule has 2 rings (SSSR count). The van der Waals surface area contributed by atoms with Crippen molar-refractivity contribution in [2.24, 2.45) is 0 Å². The minimum atomic E-state index is -0.0187. The van der Waals surface area contributed by atoms with Crippen LogP contribution in [0.4, 0.5) is 5.69 Å². The van der Waals surface area contributed by atoms with Crippen LogP contribution < -0.4 is 4.90 Å². The fraction of sp³-hybridized carbons (Fsp3) is 0.462. The SMILES string of the molecule is CCC(=O)N1CCCc2ncc(C(C)=O)cc21. The van der Waals surface area contributed by atoms with E-state index in [0.717, 1.165) is 30.8 Å². The lowest BCUT2D eigenvalue weighted by molar-refractivity contribution is -0.118. The quantitative estimate of drug-likeness (QED) is 0.732. The van der Waals surface area contributed by atoms with Crippen LogP contribution in [-0.2, 0) is 11.2 Å². The molecule has 2 heterocycles. The average molecular weight is 232 g/mol. The van der Waals surface area contributed by atoms with Gasteiger partial charge in [0, 0.05) is 24.7 Å². The number of Topliss-reactive ketones (excluding diaryl/α,β-unsaturated/α-hetero) is 1. The fourth-order valence-corrected chi connectivity index (χ4v) is 2.08. The molecule has 4 nitrogen and oxygen atoms in total. The van der Waals surface area contributed by atoms with Gasteiger partial charge in [0.05, 0.1) is 11.4 Å². The lowest BCUT2D eigenvalue weighted by Crippen LogP contribution is -2.35. The van der Waals surface area contributed by atoms with E-state index in [1.54, 1.807) is 17.2 Å². The number of anilines is 1. The second-order valence-electron chi connectivity index (χ2n) is 4.25. The molecule has 90 valence electrons. The van der Waals surface area contributed by atoms with E-state index >= 15 is 0 Å². The van der Waals surface area contributed by atoms with Gasteiger partial charge in [-0.3, -0.25) is 14.6 Å². The standard InChI is InChI=1S/C13H16N2O2/c1-3-13(17)15-6-4-5-11-12(15)7-10(8-14-11)9(2)16/h7-8H,3-6H2,1-2H3. The zero-order valence-corrected chi connectivity index (χ0v) is 10.2. The number of aryl methyl sites for hydroxylation is 1. The highest BCUT2D eigenvalue weighted by molar-refractivity contribution is 5.98. The lowest BCUT2D eigenvalue weighted by Gasteiger charge is -2.28. The fourth-order valence-electron chi connectivity index (χ4n) is 2.08. The van der Waals surface area contributed by atoms with Crippen LogP contribution in [0.15, 0.2) is 12.3 Å². The summed E-state index contributed by atoms with van der Waals surface area (Å²) in [6.45, 7) is 4.08. The molecule has 1 aromatic rings. The summed E-state index contributed by atoms with van der Waals surface area (Å²) < 4.78 is 0. The van der Waals surface area contributed by atoms with Crippen molar-refractivity contribution in [2.75, 3.05) is 11.4 Å². The molecule has 0 radical (unpaired) electrons. The maximum Gasteiger partial charge on any atom is 0.226 e. The Morgan fingerprint density at radius 2 is 2.24 bits per heavy atom. The first-order chi connectivity index (χ1) is 8.13. The van der Waals surface area contributed by atoms with Crippen LogP contribution in [-0.4, -0.2) is 23.2 Å². The first kappa shape index (κ1) is 11.8. The summed E-state index contributed by atoms with van der Waals surface area (Å²) in [4.78, 5) is 29.2. The van der Waals surface area contributed by atoms with Gasteiger partial charge in [-0.15, -0.1) is 0 Å². The first-order valence-corrected chi connectivity index (χ1v) is 5.93. The van der Waals surface area contributed by atoms with Gasteiger partial charge in [0.1, 0.15) is 0 Å². The molecule has 0 spiro atoms. The number of ketones is 1. The molecule has 0 bridgehead atoms. The number of hydrogen-bond acceptors (Lipinski definition) is 3. The molecule has 0 unspecified atom stereocenters. The second kappa shape index (κ2) is 4.65. The van der Waals surface area contributed by atoms with Gasteiger partial charge in [-0.25, -0.2) is 0 Å². The number of fused-ring (bicyclic) bond motifs is 1. The Bertz CT molecular complexity index is 468. The van der Waals surface area contributed by atoms with Crippen LogP contribution in [0, 0.1) is 0 Å². The van der Waals surface area contributed by atoms with Gasteiger partial charge < -0.3 is 4.90 Å². The van der Waals surface area contributed by atoms with Crippen LogP contribution >= 0.6 is 0 Å². The van der Waals surface area contributed by atoms with Crippen LogP contribution in [0.25, 0.3) is 0 Å². The number of amides is 1. The molecule has 1 aliphatic heterocycles. The normalized spacial score (nSPS) is 14.4. The van der Waals surface area contributed by atoms with Gasteiger partial charge in [0.2, 0.25) is 5.91 Å². The number of hydrogen-bond donors (Lipinski definition) is 0. The maximum atomic E-state index is 11.8. The molecule has 0 saturated heterocycles. The first-order valence-electron chi connectivity index (χ1n) is 5.93. The molecule has 1 amide bonds. The third kappa shape index (κ3) is 2.20. The van der Waals surface area contributed by atoms with Crippen molar-refractivity contribution >= 4 is 17.4 Å². The Balaban J connectivity index is 2.44. The zero-order chi connectivity index (χ0) is 12.4. The number of carbonyl (C=O) groups is 2. The number of pyridine rings is 1. The molecular formula is C13H16N2O2. The van der Waals surface area contributed by atoms with Crippen molar-refractivity contribution in [3.05, 3.63) is 23.5 Å². The maximum absolute atomic E-state index is 11.8. The Hall–Kier alpha value is -1.71. The van der Waals surface area contributed by atoms with Crippen molar-refractivity contribution < 1.29 is 9.59 Å². The van der Waals surface area contributed by atoms with Crippen LogP contribution in [0.5, 0.6) is 0 Å². The van der Waals surface area contributed by atoms with Crippen molar-refractivity contribution in [3.63, 3.8) is 0 Å². The van der Waals surface area contributed by atoms with Gasteiger partial charge in [0.25, 0.3) is 0 Å². The van der Waals surface area contributed by atoms with Crippen molar-refractivity contribution in [2.45, 2.75) is 33.1 Å². The molecule has 0 aromatic carbocycles. The minimum absolute atomic E-state index is 0.0187. The third-order valence-electron chi connectivity index (χ3n) is 3.04. The molecule has 1 aromatic heterocycles. The minimum Gasteiger partial charge on any atom is -0.311 e. The van der Waals surface area contributed by atoms with E-state index in [9.17, 15) is 9.59 Å². The second-order valence-corrected chi connectivity index (χ2v) is 4.25. The summed E-state index contributed by atoms with van der Waals surface area (Å²) in [6, 6.07) is 1.79. The van der Waals surface area contributed by atoms with Gasteiger partial charge in [-0.2, -0.15) is 0 Å². The molecule has 0 atom stereocenters. The third-order valence-corrected chi connectivity index (χ3v) is 3.04. The van der Waals surface area contributed by atoms with E-state index < -0.39 is 0 Å². The number of aromatic nitrogens is 1. The Kier molecular flexibility index (Phi) is 3.22. The highest BCUT2D eigenvalue weighted by atomic mass is 16.2. The highest BCUT2D eigenvalue weighted by Gasteiger charge is 2.23. The predicted octanol–water partition coefficient (Wildman–Crippen LogP) is 1.97. The highest BCUT2D eigenvalue weighted by Crippen LogP contribution is 2.27. The average Bonchev–Trinajstić information content (AvgIpc) is 2.36. The molecule has 0 saturated carbocycles. The van der Waals surface area contributed by atoms with E-state index in [4.69, 9.17) is 0 Å². The summed E-state index contributed by atoms with van der Waals surface area (Å²) >= 11 is 0. The molecule has 0 N–H and O–H groups in total. The number of carbonyl (C=O) groups excluding carboxylic acids is 2. The number of rotatable bonds is 2. The van der Waals surface area contributed by atoms with Crippen molar-refractivity contribution in [3.8, 4) is 0 Å². The summed E-state index contributed by atoms with van der Waals surface area (Å²) in [7, 11) is 0. The Morgan fingerprint density at radius 1 is 1.47 bits per heavy atom. The number of nitrogens with zero attached hydrogens (tertiary/aromatic N) is 2. The topological polar surface area (TPSA) is 50.3 Å². The van der Waals surface area contributed by atoms with Crippen LogP contribution in [0.3, 0.4) is 0 Å². The summed E-state index contributed by atoms with van der Waals surface area (Å²) in [5.74, 6) is 0.0724. The van der Waals surface area contributed by atoms with Gasteiger partial charge in [0.15, 0.2) is 5.78 Å². The van der Waals surface area contributed by atoms with Crippen LogP contribution in [0.2, 0.25) is 0 Å². The summed E-state index contributed by atoms with van der Waals surface area (Å²) in [6.07, 6.45) is 3.89. The van der Waals surface area contributed by atoms with Crippen LogP contribution in [0.1, 0.15) is 42.7 Å². The van der Waals surface area contributed by atoms with Crippen molar-refractivity contribution in [1.82, 2.24) is 4.98 Å². The molecule has 17 heavy (non-hydrogen) atoms.